The molecule has 0 unspecified atom stereocenters. The van der Waals surface area contributed by atoms with Crippen molar-refractivity contribution >= 4 is 23.2 Å². The van der Waals surface area contributed by atoms with Crippen molar-refractivity contribution in [1.82, 2.24) is 5.32 Å². The quantitative estimate of drug-likeness (QED) is 0.567. The maximum absolute atomic E-state index is 12.4. The second kappa shape index (κ2) is 9.55. The fourth-order valence-electron chi connectivity index (χ4n) is 3.08. The van der Waals surface area contributed by atoms with Crippen LogP contribution in [-0.4, -0.2) is 18.4 Å². The van der Waals surface area contributed by atoms with Crippen LogP contribution in [0, 0.1) is 13.8 Å². The highest BCUT2D eigenvalue weighted by molar-refractivity contribution is 5.98. The van der Waals surface area contributed by atoms with Crippen LogP contribution < -0.4 is 16.0 Å². The van der Waals surface area contributed by atoms with E-state index in [2.05, 4.69) is 22.0 Å². The second-order valence-electron chi connectivity index (χ2n) is 7.03. The molecule has 0 fully saturated rings. The van der Waals surface area contributed by atoms with Gasteiger partial charge in [-0.3, -0.25) is 9.59 Å². The van der Waals surface area contributed by atoms with Gasteiger partial charge in [0.15, 0.2) is 0 Å². The number of rotatable bonds is 7. The Morgan fingerprint density at radius 3 is 2.24 bits per heavy atom. The molecular weight excluding hydrogens is 362 g/mol. The molecule has 3 aromatic rings. The predicted octanol–water partition coefficient (Wildman–Crippen LogP) is 4.28. The van der Waals surface area contributed by atoms with Crippen LogP contribution in [0.3, 0.4) is 0 Å². The third-order valence-electron chi connectivity index (χ3n) is 4.38. The summed E-state index contributed by atoms with van der Waals surface area (Å²) in [4.78, 5) is 24.7. The van der Waals surface area contributed by atoms with Gasteiger partial charge in [0.2, 0.25) is 5.91 Å². The monoisotopic (exact) mass is 387 g/mol. The van der Waals surface area contributed by atoms with Gasteiger partial charge < -0.3 is 16.0 Å². The lowest BCUT2D eigenvalue weighted by molar-refractivity contribution is -0.114. The lowest BCUT2D eigenvalue weighted by Crippen LogP contribution is -2.24. The van der Waals surface area contributed by atoms with Gasteiger partial charge in [-0.15, -0.1) is 0 Å². The first kappa shape index (κ1) is 20.1. The molecule has 0 aliphatic carbocycles. The van der Waals surface area contributed by atoms with E-state index in [-0.39, 0.29) is 18.4 Å². The maximum atomic E-state index is 12.4. The van der Waals surface area contributed by atoms with Crippen molar-refractivity contribution in [2.75, 3.05) is 17.2 Å². The lowest BCUT2D eigenvalue weighted by Gasteiger charge is -2.11. The lowest BCUT2D eigenvalue weighted by atomic mass is 10.1. The Balaban J connectivity index is 1.54. The van der Waals surface area contributed by atoms with Gasteiger partial charge in [-0.1, -0.05) is 42.5 Å². The number of nitrogens with one attached hydrogen (secondary N) is 3. The summed E-state index contributed by atoms with van der Waals surface area (Å²) in [5.41, 5.74) is 5.31. The van der Waals surface area contributed by atoms with Crippen molar-refractivity contribution in [2.24, 2.45) is 0 Å². The highest BCUT2D eigenvalue weighted by Gasteiger charge is 2.08. The number of aryl methyl sites for hydroxylation is 2. The Morgan fingerprint density at radius 1 is 0.793 bits per heavy atom. The number of carbonyl (C=O) groups excluding carboxylic acids is 2. The Labute approximate surface area is 171 Å². The van der Waals surface area contributed by atoms with Crippen LogP contribution in [0.1, 0.15) is 27.0 Å². The van der Waals surface area contributed by atoms with E-state index in [0.717, 1.165) is 22.4 Å². The van der Waals surface area contributed by atoms with Crippen LogP contribution in [0.4, 0.5) is 11.4 Å². The Bertz CT molecular complexity index is 980. The number of benzene rings is 3. The van der Waals surface area contributed by atoms with Crippen molar-refractivity contribution in [1.29, 1.82) is 0 Å². The van der Waals surface area contributed by atoms with E-state index in [9.17, 15) is 9.59 Å². The van der Waals surface area contributed by atoms with Crippen molar-refractivity contribution in [2.45, 2.75) is 20.4 Å². The van der Waals surface area contributed by atoms with E-state index < -0.39 is 0 Å². The molecule has 0 aromatic heterocycles. The standard InChI is InChI=1S/C24H25N3O2/c1-17-11-18(2)13-22(12-17)25-16-23(28)27-21-10-6-9-20(14-21)24(29)26-15-19-7-4-3-5-8-19/h3-14,25H,15-16H2,1-2H3,(H,26,29)(H,27,28). The number of hydrogen-bond acceptors (Lipinski definition) is 3. The van der Waals surface area contributed by atoms with Gasteiger partial charge in [-0.2, -0.15) is 0 Å². The molecule has 0 radical (unpaired) electrons. The fourth-order valence-corrected chi connectivity index (χ4v) is 3.08. The fraction of sp³-hybridized carbons (Fsp3) is 0.167. The van der Waals surface area contributed by atoms with Crippen molar-refractivity contribution in [3.8, 4) is 0 Å². The van der Waals surface area contributed by atoms with Gasteiger partial charge in [0, 0.05) is 23.5 Å². The van der Waals surface area contributed by atoms with E-state index >= 15 is 0 Å². The third kappa shape index (κ3) is 6.21. The minimum Gasteiger partial charge on any atom is -0.376 e. The van der Waals surface area contributed by atoms with Crippen LogP contribution in [-0.2, 0) is 11.3 Å². The molecule has 0 heterocycles. The second-order valence-corrected chi connectivity index (χ2v) is 7.03. The molecule has 0 bridgehead atoms. The van der Waals surface area contributed by atoms with E-state index in [1.165, 1.54) is 0 Å². The summed E-state index contributed by atoms with van der Waals surface area (Å²) < 4.78 is 0. The molecule has 5 heteroatoms. The van der Waals surface area contributed by atoms with E-state index in [1.54, 1.807) is 24.3 Å². The predicted molar refractivity (Wildman–Crippen MR) is 117 cm³/mol. The van der Waals surface area contributed by atoms with Crippen molar-refractivity contribution in [3.05, 3.63) is 95.1 Å². The number of anilines is 2. The van der Waals surface area contributed by atoms with Crippen LogP contribution >= 0.6 is 0 Å². The molecule has 0 atom stereocenters. The van der Waals surface area contributed by atoms with Gasteiger partial charge in [0.05, 0.1) is 6.54 Å². The molecule has 0 aliphatic heterocycles. The van der Waals surface area contributed by atoms with E-state index in [4.69, 9.17) is 0 Å². The largest absolute Gasteiger partial charge is 0.376 e. The van der Waals surface area contributed by atoms with Crippen LogP contribution in [0.15, 0.2) is 72.8 Å². The zero-order valence-corrected chi connectivity index (χ0v) is 16.7. The maximum Gasteiger partial charge on any atom is 0.251 e. The molecule has 0 spiro atoms. The normalized spacial score (nSPS) is 10.3. The van der Waals surface area contributed by atoms with E-state index in [1.807, 2.05) is 56.3 Å². The summed E-state index contributed by atoms with van der Waals surface area (Å²) in [6.07, 6.45) is 0. The first-order valence-corrected chi connectivity index (χ1v) is 9.54. The number of hydrogen-bond donors (Lipinski definition) is 3. The van der Waals surface area contributed by atoms with Crippen molar-refractivity contribution in [3.63, 3.8) is 0 Å². The van der Waals surface area contributed by atoms with Gasteiger partial charge >= 0.3 is 0 Å². The minimum atomic E-state index is -0.182. The summed E-state index contributed by atoms with van der Waals surface area (Å²) in [6, 6.07) is 22.7. The van der Waals surface area contributed by atoms with Crippen LogP contribution in [0.5, 0.6) is 0 Å². The highest BCUT2D eigenvalue weighted by Crippen LogP contribution is 2.14. The Morgan fingerprint density at radius 2 is 1.52 bits per heavy atom. The summed E-state index contributed by atoms with van der Waals surface area (Å²) >= 11 is 0. The first-order chi connectivity index (χ1) is 14.0. The summed E-state index contributed by atoms with van der Waals surface area (Å²) in [7, 11) is 0. The molecule has 0 saturated heterocycles. The molecule has 3 aromatic carbocycles. The van der Waals surface area contributed by atoms with Gasteiger partial charge in [0.1, 0.15) is 0 Å². The minimum absolute atomic E-state index is 0.146. The molecule has 0 aliphatic rings. The van der Waals surface area contributed by atoms with E-state index in [0.29, 0.717) is 17.8 Å². The van der Waals surface area contributed by atoms with Gasteiger partial charge in [0.25, 0.3) is 5.91 Å². The Kier molecular flexibility index (Phi) is 6.63. The first-order valence-electron chi connectivity index (χ1n) is 9.54. The summed E-state index contributed by atoms with van der Waals surface area (Å²) in [5, 5.41) is 8.85. The van der Waals surface area contributed by atoms with Crippen LogP contribution in [0.2, 0.25) is 0 Å². The highest BCUT2D eigenvalue weighted by atomic mass is 16.2. The zero-order chi connectivity index (χ0) is 20.6. The SMILES string of the molecule is Cc1cc(C)cc(NCC(=O)Nc2cccc(C(=O)NCc3ccccc3)c2)c1. The van der Waals surface area contributed by atoms with Gasteiger partial charge in [-0.05, 0) is 60.9 Å². The average molecular weight is 387 g/mol. The number of carbonyl (C=O) groups is 2. The molecule has 0 saturated carbocycles. The molecule has 148 valence electrons. The van der Waals surface area contributed by atoms with Crippen molar-refractivity contribution < 1.29 is 9.59 Å². The topological polar surface area (TPSA) is 70.2 Å². The molecule has 3 rings (SSSR count). The third-order valence-corrected chi connectivity index (χ3v) is 4.38. The number of amides is 2. The molecule has 3 N–H and O–H groups in total. The zero-order valence-electron chi connectivity index (χ0n) is 16.7. The Hall–Kier alpha value is -3.60. The summed E-state index contributed by atoms with van der Waals surface area (Å²) in [6.45, 7) is 4.64. The van der Waals surface area contributed by atoms with Gasteiger partial charge in [-0.25, -0.2) is 0 Å². The smallest absolute Gasteiger partial charge is 0.251 e. The molecule has 2 amide bonds. The molecule has 5 nitrogen and oxygen atoms in total. The average Bonchev–Trinajstić information content (AvgIpc) is 2.71. The molecular formula is C24H25N3O2. The summed E-state index contributed by atoms with van der Waals surface area (Å²) in [5.74, 6) is -0.357. The molecule has 29 heavy (non-hydrogen) atoms. The van der Waals surface area contributed by atoms with Crippen LogP contribution in [0.25, 0.3) is 0 Å².